The molecule has 27 heavy (non-hydrogen) atoms. The summed E-state index contributed by atoms with van der Waals surface area (Å²) in [7, 11) is 0. The molecule has 0 fully saturated rings. The van der Waals surface area contributed by atoms with Crippen molar-refractivity contribution in [2.45, 2.75) is 6.42 Å². The van der Waals surface area contributed by atoms with Crippen molar-refractivity contribution in [1.29, 1.82) is 0 Å². The molecule has 2 aromatic carbocycles. The molecule has 0 aliphatic heterocycles. The summed E-state index contributed by atoms with van der Waals surface area (Å²) >= 11 is 0. The van der Waals surface area contributed by atoms with Gasteiger partial charge in [0.25, 0.3) is 5.56 Å². The molecule has 0 aliphatic rings. The van der Waals surface area contributed by atoms with Crippen LogP contribution in [0.3, 0.4) is 0 Å². The number of furan rings is 1. The second kappa shape index (κ2) is 7.57. The predicted molar refractivity (Wildman–Crippen MR) is 104 cm³/mol. The zero-order chi connectivity index (χ0) is 18.5. The first kappa shape index (κ1) is 16.6. The van der Waals surface area contributed by atoms with Crippen LogP contribution >= 0.6 is 0 Å². The minimum Gasteiger partial charge on any atom is -0.469 e. The van der Waals surface area contributed by atoms with Crippen molar-refractivity contribution in [3.05, 3.63) is 94.8 Å². The van der Waals surface area contributed by atoms with E-state index in [1.807, 2.05) is 54.6 Å². The van der Waals surface area contributed by atoms with Gasteiger partial charge in [-0.25, -0.2) is 0 Å². The third kappa shape index (κ3) is 4.21. The topological polar surface area (TPSA) is 95.8 Å². The van der Waals surface area contributed by atoms with Gasteiger partial charge in [0.2, 0.25) is 5.95 Å². The Morgan fingerprint density at radius 1 is 0.815 bits per heavy atom. The Balaban J connectivity index is 1.43. The molecule has 0 bridgehead atoms. The number of rotatable bonds is 6. The van der Waals surface area contributed by atoms with E-state index in [0.29, 0.717) is 17.9 Å². The minimum absolute atomic E-state index is 0.284. The van der Waals surface area contributed by atoms with Crippen LogP contribution in [0.4, 0.5) is 23.0 Å². The highest BCUT2D eigenvalue weighted by molar-refractivity contribution is 5.63. The van der Waals surface area contributed by atoms with Crippen molar-refractivity contribution in [2.24, 2.45) is 0 Å². The molecule has 0 saturated heterocycles. The van der Waals surface area contributed by atoms with Gasteiger partial charge in [-0.2, -0.15) is 0 Å². The average molecular weight is 359 g/mol. The van der Waals surface area contributed by atoms with Crippen LogP contribution in [-0.4, -0.2) is 15.2 Å². The van der Waals surface area contributed by atoms with E-state index in [1.165, 1.54) is 0 Å². The van der Waals surface area contributed by atoms with Crippen LogP contribution in [0.2, 0.25) is 0 Å². The maximum Gasteiger partial charge on any atom is 0.274 e. The summed E-state index contributed by atoms with van der Waals surface area (Å²) in [6.07, 6.45) is 1.86. The molecule has 0 radical (unpaired) electrons. The molecule has 0 aliphatic carbocycles. The fraction of sp³-hybridized carbons (Fsp3) is 0.0500. The first-order chi connectivity index (χ1) is 13.3. The lowest BCUT2D eigenvalue weighted by atomic mass is 10.2. The summed E-state index contributed by atoms with van der Waals surface area (Å²) in [6.45, 7) is 0. The number of anilines is 4. The summed E-state index contributed by atoms with van der Waals surface area (Å²) < 4.78 is 5.23. The average Bonchev–Trinajstić information content (AvgIpc) is 3.20. The second-order valence-electron chi connectivity index (χ2n) is 5.90. The van der Waals surface area contributed by atoms with Crippen molar-refractivity contribution in [3.63, 3.8) is 0 Å². The third-order valence-corrected chi connectivity index (χ3v) is 3.90. The molecule has 0 saturated carbocycles. The Bertz CT molecular complexity index is 1060. The Labute approximate surface area is 155 Å². The fourth-order valence-electron chi connectivity index (χ4n) is 2.57. The molecule has 7 heteroatoms. The lowest BCUT2D eigenvalue weighted by Crippen LogP contribution is -2.18. The number of hydrogen-bond donors (Lipinski definition) is 3. The van der Waals surface area contributed by atoms with Crippen LogP contribution in [0.1, 0.15) is 11.5 Å². The number of nitrogens with one attached hydrogen (secondary N) is 3. The molecule has 2 heterocycles. The zero-order valence-corrected chi connectivity index (χ0v) is 14.3. The first-order valence-corrected chi connectivity index (χ1v) is 8.44. The highest BCUT2D eigenvalue weighted by atomic mass is 16.3. The van der Waals surface area contributed by atoms with Gasteiger partial charge in [-0.1, -0.05) is 18.2 Å². The van der Waals surface area contributed by atoms with E-state index >= 15 is 0 Å². The molecule has 0 atom stereocenters. The van der Waals surface area contributed by atoms with Gasteiger partial charge < -0.3 is 15.1 Å². The number of benzene rings is 2. The molecule has 2 aromatic heterocycles. The van der Waals surface area contributed by atoms with Crippen LogP contribution in [0.25, 0.3) is 0 Å². The summed E-state index contributed by atoms with van der Waals surface area (Å²) in [5, 5.41) is 14.4. The van der Waals surface area contributed by atoms with E-state index in [4.69, 9.17) is 4.42 Å². The Morgan fingerprint density at radius 3 is 2.19 bits per heavy atom. The number of H-pyrrole nitrogens is 1. The molecule has 4 aromatic rings. The number of hydrogen-bond acceptors (Lipinski definition) is 6. The minimum atomic E-state index is -0.300. The number of aromatic nitrogens is 3. The highest BCUT2D eigenvalue weighted by Crippen LogP contribution is 2.19. The summed E-state index contributed by atoms with van der Waals surface area (Å²) in [5.41, 5.74) is 2.77. The summed E-state index contributed by atoms with van der Waals surface area (Å²) in [4.78, 5) is 14.9. The van der Waals surface area contributed by atoms with Crippen molar-refractivity contribution < 1.29 is 4.42 Å². The SMILES string of the molecule is O=c1[nH]c(Nc2ccc(Nc3ccccc3)cc2)nnc1Cc1ccco1. The van der Waals surface area contributed by atoms with Crippen molar-refractivity contribution in [2.75, 3.05) is 10.6 Å². The molecule has 4 rings (SSSR count). The van der Waals surface area contributed by atoms with Crippen molar-refractivity contribution >= 4 is 23.0 Å². The molecule has 0 spiro atoms. The van der Waals surface area contributed by atoms with E-state index in [9.17, 15) is 4.79 Å². The van der Waals surface area contributed by atoms with E-state index in [-0.39, 0.29) is 11.5 Å². The number of nitrogens with zero attached hydrogens (tertiary/aromatic N) is 2. The van der Waals surface area contributed by atoms with Gasteiger partial charge in [-0.15, -0.1) is 10.2 Å². The van der Waals surface area contributed by atoms with Gasteiger partial charge in [0.05, 0.1) is 12.7 Å². The maximum atomic E-state index is 12.2. The van der Waals surface area contributed by atoms with Crippen molar-refractivity contribution in [1.82, 2.24) is 15.2 Å². The van der Waals surface area contributed by atoms with Gasteiger partial charge in [-0.05, 0) is 48.5 Å². The zero-order valence-electron chi connectivity index (χ0n) is 14.3. The van der Waals surface area contributed by atoms with Crippen LogP contribution in [-0.2, 0) is 6.42 Å². The predicted octanol–water partition coefficient (Wildman–Crippen LogP) is 3.84. The van der Waals surface area contributed by atoms with Gasteiger partial charge in [-0.3, -0.25) is 9.78 Å². The lowest BCUT2D eigenvalue weighted by molar-refractivity contribution is 0.517. The van der Waals surface area contributed by atoms with Crippen molar-refractivity contribution in [3.8, 4) is 0 Å². The smallest absolute Gasteiger partial charge is 0.274 e. The van der Waals surface area contributed by atoms with Gasteiger partial charge >= 0.3 is 0 Å². The second-order valence-corrected chi connectivity index (χ2v) is 5.90. The normalized spacial score (nSPS) is 10.5. The Hall–Kier alpha value is -3.87. The summed E-state index contributed by atoms with van der Waals surface area (Å²) in [6, 6.07) is 21.1. The fourth-order valence-corrected chi connectivity index (χ4v) is 2.57. The first-order valence-electron chi connectivity index (χ1n) is 8.44. The summed E-state index contributed by atoms with van der Waals surface area (Å²) in [5.74, 6) is 0.948. The van der Waals surface area contributed by atoms with E-state index in [1.54, 1.807) is 18.4 Å². The maximum absolute atomic E-state index is 12.2. The molecule has 0 unspecified atom stereocenters. The van der Waals surface area contributed by atoms with E-state index < -0.39 is 0 Å². The van der Waals surface area contributed by atoms with Gasteiger partial charge in [0.15, 0.2) is 0 Å². The molecule has 7 nitrogen and oxygen atoms in total. The molecule has 134 valence electrons. The lowest BCUT2D eigenvalue weighted by Gasteiger charge is -2.08. The van der Waals surface area contributed by atoms with Crippen LogP contribution in [0.15, 0.2) is 82.2 Å². The third-order valence-electron chi connectivity index (χ3n) is 3.90. The van der Waals surface area contributed by atoms with E-state index in [0.717, 1.165) is 17.1 Å². The quantitative estimate of drug-likeness (QED) is 0.484. The molecule has 0 amide bonds. The molecular formula is C20H17N5O2. The number of para-hydroxylation sites is 1. The van der Waals surface area contributed by atoms with Gasteiger partial charge in [0, 0.05) is 17.1 Å². The highest BCUT2D eigenvalue weighted by Gasteiger charge is 2.08. The Kier molecular flexibility index (Phi) is 4.65. The molecule has 3 N–H and O–H groups in total. The monoisotopic (exact) mass is 359 g/mol. The van der Waals surface area contributed by atoms with Crippen LogP contribution in [0.5, 0.6) is 0 Å². The Morgan fingerprint density at radius 2 is 1.52 bits per heavy atom. The largest absolute Gasteiger partial charge is 0.469 e. The number of aromatic amines is 1. The van der Waals surface area contributed by atoms with Crippen LogP contribution in [0, 0.1) is 0 Å². The van der Waals surface area contributed by atoms with Gasteiger partial charge in [0.1, 0.15) is 11.5 Å². The standard InChI is InChI=1S/C20H17N5O2/c26-19-18(13-17-7-4-12-27-17)24-25-20(23-19)22-16-10-8-15(9-11-16)21-14-5-2-1-3-6-14/h1-12,21H,13H2,(H2,22,23,25,26). The molecular weight excluding hydrogens is 342 g/mol. The van der Waals surface area contributed by atoms with E-state index in [2.05, 4.69) is 25.8 Å². The van der Waals surface area contributed by atoms with Crippen LogP contribution < -0.4 is 16.2 Å².